The molecule has 1 aromatic carbocycles. The molecule has 0 aliphatic heterocycles. The Kier molecular flexibility index (Phi) is 4.69. The van der Waals surface area contributed by atoms with E-state index >= 15 is 0 Å². The summed E-state index contributed by atoms with van der Waals surface area (Å²) in [6.45, 7) is 4.25. The summed E-state index contributed by atoms with van der Waals surface area (Å²) in [5.74, 6) is 0. The molecule has 19 heavy (non-hydrogen) atoms. The number of benzene rings is 1. The standard InChI is InChI=1S/C17H22N2/c1-3-14-7-8-17(19-12-14)11-16(18)10-15-6-4-5-13(2)9-15/h4-9,12,16H,3,10-11,18H2,1-2H3. The molecule has 0 bridgehead atoms. The van der Waals surface area contributed by atoms with Crippen molar-refractivity contribution >= 4 is 0 Å². The van der Waals surface area contributed by atoms with Crippen molar-refractivity contribution < 1.29 is 0 Å². The summed E-state index contributed by atoms with van der Waals surface area (Å²) in [4.78, 5) is 4.47. The first-order valence-electron chi connectivity index (χ1n) is 6.92. The highest BCUT2D eigenvalue weighted by molar-refractivity contribution is 5.23. The zero-order valence-corrected chi connectivity index (χ0v) is 11.8. The maximum absolute atomic E-state index is 6.22. The van der Waals surface area contributed by atoms with Crippen molar-refractivity contribution in [3.8, 4) is 0 Å². The van der Waals surface area contributed by atoms with Crippen molar-refractivity contribution in [2.45, 2.75) is 39.2 Å². The Morgan fingerprint density at radius 1 is 1.11 bits per heavy atom. The zero-order valence-electron chi connectivity index (χ0n) is 11.8. The van der Waals surface area contributed by atoms with Crippen LogP contribution in [0.3, 0.4) is 0 Å². The molecular weight excluding hydrogens is 232 g/mol. The van der Waals surface area contributed by atoms with Crippen LogP contribution in [0.2, 0.25) is 0 Å². The van der Waals surface area contributed by atoms with Gasteiger partial charge in [-0.3, -0.25) is 4.98 Å². The molecule has 0 spiro atoms. The Labute approximate surface area is 115 Å². The largest absolute Gasteiger partial charge is 0.327 e. The average Bonchev–Trinajstić information content (AvgIpc) is 2.39. The minimum absolute atomic E-state index is 0.127. The van der Waals surface area contributed by atoms with Crippen LogP contribution in [0.1, 0.15) is 29.3 Å². The van der Waals surface area contributed by atoms with Gasteiger partial charge in [-0.2, -0.15) is 0 Å². The lowest BCUT2D eigenvalue weighted by atomic mass is 10.0. The number of nitrogens with two attached hydrogens (primary N) is 1. The maximum atomic E-state index is 6.22. The molecule has 100 valence electrons. The second-order valence-electron chi connectivity index (χ2n) is 5.17. The first-order chi connectivity index (χ1) is 9.17. The van der Waals surface area contributed by atoms with Crippen LogP contribution in [0, 0.1) is 6.92 Å². The van der Waals surface area contributed by atoms with Gasteiger partial charge in [0.1, 0.15) is 0 Å². The highest BCUT2D eigenvalue weighted by Crippen LogP contribution is 2.09. The van der Waals surface area contributed by atoms with Crippen LogP contribution in [0.15, 0.2) is 42.6 Å². The van der Waals surface area contributed by atoms with E-state index in [0.29, 0.717) is 0 Å². The van der Waals surface area contributed by atoms with Crippen LogP contribution in [-0.2, 0) is 19.3 Å². The van der Waals surface area contributed by atoms with E-state index in [1.807, 2.05) is 6.20 Å². The molecule has 1 aromatic heterocycles. The van der Waals surface area contributed by atoms with Crippen LogP contribution in [0.4, 0.5) is 0 Å². The van der Waals surface area contributed by atoms with Gasteiger partial charge >= 0.3 is 0 Å². The van der Waals surface area contributed by atoms with E-state index in [1.165, 1.54) is 16.7 Å². The molecule has 2 N–H and O–H groups in total. The number of hydrogen-bond acceptors (Lipinski definition) is 2. The van der Waals surface area contributed by atoms with E-state index in [0.717, 1.165) is 25.0 Å². The molecular formula is C17H22N2. The van der Waals surface area contributed by atoms with Gasteiger partial charge in [-0.15, -0.1) is 0 Å². The fourth-order valence-electron chi connectivity index (χ4n) is 2.27. The third-order valence-corrected chi connectivity index (χ3v) is 3.35. The predicted molar refractivity (Wildman–Crippen MR) is 80.2 cm³/mol. The third kappa shape index (κ3) is 4.18. The van der Waals surface area contributed by atoms with E-state index < -0.39 is 0 Å². The van der Waals surface area contributed by atoms with Crippen molar-refractivity contribution in [2.75, 3.05) is 0 Å². The molecule has 2 aromatic rings. The molecule has 1 heterocycles. The van der Waals surface area contributed by atoms with Crippen LogP contribution in [0.5, 0.6) is 0 Å². The Morgan fingerprint density at radius 3 is 2.58 bits per heavy atom. The molecule has 1 atom stereocenters. The molecule has 0 saturated carbocycles. The lowest BCUT2D eigenvalue weighted by Gasteiger charge is -2.12. The van der Waals surface area contributed by atoms with Gasteiger partial charge in [-0.1, -0.05) is 42.8 Å². The van der Waals surface area contributed by atoms with Gasteiger partial charge in [0.05, 0.1) is 0 Å². The summed E-state index contributed by atoms with van der Waals surface area (Å²) in [6, 6.07) is 12.9. The van der Waals surface area contributed by atoms with E-state index in [1.54, 1.807) is 0 Å². The smallest absolute Gasteiger partial charge is 0.0419 e. The fourth-order valence-corrected chi connectivity index (χ4v) is 2.27. The van der Waals surface area contributed by atoms with Gasteiger partial charge in [0.2, 0.25) is 0 Å². The van der Waals surface area contributed by atoms with E-state index in [9.17, 15) is 0 Å². The van der Waals surface area contributed by atoms with Crippen molar-refractivity contribution in [1.29, 1.82) is 0 Å². The van der Waals surface area contributed by atoms with Crippen molar-refractivity contribution in [3.63, 3.8) is 0 Å². The number of aryl methyl sites for hydroxylation is 2. The Morgan fingerprint density at radius 2 is 1.95 bits per heavy atom. The van der Waals surface area contributed by atoms with Crippen molar-refractivity contribution in [3.05, 3.63) is 65.0 Å². The number of rotatable bonds is 5. The SMILES string of the molecule is CCc1ccc(CC(N)Cc2cccc(C)c2)nc1. The van der Waals surface area contributed by atoms with Crippen LogP contribution in [-0.4, -0.2) is 11.0 Å². The number of pyridine rings is 1. The number of aromatic nitrogens is 1. The topological polar surface area (TPSA) is 38.9 Å². The number of hydrogen-bond donors (Lipinski definition) is 1. The molecule has 0 aliphatic carbocycles. The molecule has 0 aliphatic rings. The first kappa shape index (κ1) is 13.8. The second kappa shape index (κ2) is 6.48. The lowest BCUT2D eigenvalue weighted by molar-refractivity contribution is 0.653. The molecule has 0 fully saturated rings. The summed E-state index contributed by atoms with van der Waals surface area (Å²) >= 11 is 0. The Bertz CT molecular complexity index is 517. The maximum Gasteiger partial charge on any atom is 0.0419 e. The molecule has 1 unspecified atom stereocenters. The van der Waals surface area contributed by atoms with Crippen LogP contribution in [0.25, 0.3) is 0 Å². The molecule has 0 saturated heterocycles. The number of nitrogens with zero attached hydrogens (tertiary/aromatic N) is 1. The predicted octanol–water partition coefficient (Wildman–Crippen LogP) is 3.06. The zero-order chi connectivity index (χ0) is 13.7. The van der Waals surface area contributed by atoms with Crippen LogP contribution < -0.4 is 5.73 Å². The highest BCUT2D eigenvalue weighted by Gasteiger charge is 2.06. The van der Waals surface area contributed by atoms with Gasteiger partial charge in [0.25, 0.3) is 0 Å². The van der Waals surface area contributed by atoms with Gasteiger partial charge < -0.3 is 5.73 Å². The van der Waals surface area contributed by atoms with E-state index in [4.69, 9.17) is 5.73 Å². The summed E-state index contributed by atoms with van der Waals surface area (Å²) in [6.07, 6.45) is 4.72. The fraction of sp³-hybridized carbons (Fsp3) is 0.353. The minimum atomic E-state index is 0.127. The van der Waals surface area contributed by atoms with Gasteiger partial charge in [0, 0.05) is 24.4 Å². The van der Waals surface area contributed by atoms with Crippen LogP contribution >= 0.6 is 0 Å². The summed E-state index contributed by atoms with van der Waals surface area (Å²) < 4.78 is 0. The Balaban J connectivity index is 1.95. The monoisotopic (exact) mass is 254 g/mol. The van der Waals surface area contributed by atoms with Crippen molar-refractivity contribution in [1.82, 2.24) is 4.98 Å². The van der Waals surface area contributed by atoms with E-state index in [-0.39, 0.29) is 6.04 Å². The normalized spacial score (nSPS) is 12.4. The summed E-state index contributed by atoms with van der Waals surface area (Å²) in [7, 11) is 0. The third-order valence-electron chi connectivity index (χ3n) is 3.35. The van der Waals surface area contributed by atoms with Crippen molar-refractivity contribution in [2.24, 2.45) is 5.73 Å². The molecule has 0 radical (unpaired) electrons. The van der Waals surface area contributed by atoms with E-state index in [2.05, 4.69) is 55.2 Å². The molecule has 2 rings (SSSR count). The van der Waals surface area contributed by atoms with Gasteiger partial charge in [-0.05, 0) is 37.0 Å². The second-order valence-corrected chi connectivity index (χ2v) is 5.17. The summed E-state index contributed by atoms with van der Waals surface area (Å²) in [5, 5.41) is 0. The highest BCUT2D eigenvalue weighted by atomic mass is 14.7. The molecule has 2 heteroatoms. The van der Waals surface area contributed by atoms with Gasteiger partial charge in [0.15, 0.2) is 0 Å². The average molecular weight is 254 g/mol. The van der Waals surface area contributed by atoms with Gasteiger partial charge in [-0.25, -0.2) is 0 Å². The lowest BCUT2D eigenvalue weighted by Crippen LogP contribution is -2.26. The summed E-state index contributed by atoms with van der Waals surface area (Å²) in [5.41, 5.74) is 11.2. The quantitative estimate of drug-likeness (QED) is 0.890. The molecule has 2 nitrogen and oxygen atoms in total. The molecule has 0 amide bonds. The first-order valence-corrected chi connectivity index (χ1v) is 6.92. The Hall–Kier alpha value is -1.67. The minimum Gasteiger partial charge on any atom is -0.327 e.